The lowest BCUT2D eigenvalue weighted by atomic mass is 9.64. The first kappa shape index (κ1) is 11.4. The minimum absolute atomic E-state index is 0.335. The van der Waals surface area contributed by atoms with E-state index in [1.807, 2.05) is 0 Å². The topological polar surface area (TPSA) is 20.2 Å². The van der Waals surface area contributed by atoms with Gasteiger partial charge in [-0.25, -0.2) is 0 Å². The van der Waals surface area contributed by atoms with E-state index in [9.17, 15) is 5.11 Å². The van der Waals surface area contributed by atoms with Crippen molar-refractivity contribution in [1.82, 2.24) is 0 Å². The molecule has 0 amide bonds. The Balaban J connectivity index is 1.89. The average Bonchev–Trinajstić information content (AvgIpc) is 2.92. The van der Waals surface area contributed by atoms with Crippen molar-refractivity contribution < 1.29 is 5.11 Å². The lowest BCUT2D eigenvalue weighted by Crippen LogP contribution is -2.44. The van der Waals surface area contributed by atoms with Crippen LogP contribution in [0.5, 0.6) is 0 Å². The fraction of sp³-hybridized carbons (Fsp3) is 1.00. The maximum absolute atomic E-state index is 10.6. The van der Waals surface area contributed by atoms with Gasteiger partial charge < -0.3 is 5.11 Å². The average molecular weight is 210 g/mol. The van der Waals surface area contributed by atoms with Crippen LogP contribution in [0.4, 0.5) is 0 Å². The zero-order valence-corrected chi connectivity index (χ0v) is 10.6. The molecular formula is C14H26O. The molecule has 15 heavy (non-hydrogen) atoms. The van der Waals surface area contributed by atoms with Gasteiger partial charge in [-0.05, 0) is 49.4 Å². The first-order chi connectivity index (χ1) is 6.91. The number of hydrogen-bond donors (Lipinski definition) is 1. The van der Waals surface area contributed by atoms with Gasteiger partial charge in [-0.3, -0.25) is 0 Å². The van der Waals surface area contributed by atoms with Crippen molar-refractivity contribution >= 4 is 0 Å². The van der Waals surface area contributed by atoms with Crippen molar-refractivity contribution in [2.45, 2.75) is 71.3 Å². The molecule has 0 aromatic heterocycles. The number of aliphatic hydroxyl groups is 1. The fourth-order valence-corrected chi connectivity index (χ4v) is 3.15. The van der Waals surface area contributed by atoms with E-state index >= 15 is 0 Å². The summed E-state index contributed by atoms with van der Waals surface area (Å²) in [7, 11) is 0. The number of rotatable bonds is 3. The summed E-state index contributed by atoms with van der Waals surface area (Å²) in [5.41, 5.74) is 0.114. The normalized spacial score (nSPS) is 40.4. The molecule has 0 radical (unpaired) electrons. The van der Waals surface area contributed by atoms with E-state index in [4.69, 9.17) is 0 Å². The summed E-state index contributed by atoms with van der Waals surface area (Å²) in [4.78, 5) is 0. The molecule has 2 unspecified atom stereocenters. The number of hydrogen-bond acceptors (Lipinski definition) is 1. The highest BCUT2D eigenvalue weighted by atomic mass is 16.3. The quantitative estimate of drug-likeness (QED) is 0.752. The van der Waals surface area contributed by atoms with Crippen molar-refractivity contribution in [3.63, 3.8) is 0 Å². The molecule has 0 heterocycles. The van der Waals surface area contributed by atoms with Gasteiger partial charge >= 0.3 is 0 Å². The van der Waals surface area contributed by atoms with Gasteiger partial charge in [0.15, 0.2) is 0 Å². The molecule has 2 saturated carbocycles. The molecule has 1 heteroatoms. The zero-order chi connectivity index (χ0) is 11.1. The van der Waals surface area contributed by atoms with Crippen LogP contribution in [-0.2, 0) is 0 Å². The van der Waals surface area contributed by atoms with Crippen LogP contribution < -0.4 is 0 Å². The molecule has 2 rings (SSSR count). The van der Waals surface area contributed by atoms with E-state index in [1.54, 1.807) is 0 Å². The highest BCUT2D eigenvalue weighted by Gasteiger charge is 2.42. The molecule has 1 nitrogen and oxygen atoms in total. The van der Waals surface area contributed by atoms with Gasteiger partial charge in [0.25, 0.3) is 0 Å². The molecule has 0 aromatic carbocycles. The standard InChI is InChI=1S/C14H26O/c1-11-10-13(2,3)8-9-14(11,15)7-6-12-4-5-12/h11-12,15H,4-10H2,1-3H3. The van der Waals surface area contributed by atoms with Crippen LogP contribution in [0.3, 0.4) is 0 Å². The van der Waals surface area contributed by atoms with Crippen LogP contribution in [0.1, 0.15) is 65.7 Å². The molecule has 88 valence electrons. The van der Waals surface area contributed by atoms with Gasteiger partial charge in [0.1, 0.15) is 0 Å². The van der Waals surface area contributed by atoms with Crippen molar-refractivity contribution in [3.05, 3.63) is 0 Å². The predicted molar refractivity (Wildman–Crippen MR) is 63.7 cm³/mol. The van der Waals surface area contributed by atoms with E-state index in [0.717, 1.165) is 18.8 Å². The third-order valence-corrected chi connectivity index (χ3v) is 4.69. The molecule has 2 aliphatic carbocycles. The maximum Gasteiger partial charge on any atom is 0.0673 e. The van der Waals surface area contributed by atoms with Crippen molar-refractivity contribution in [2.75, 3.05) is 0 Å². The summed E-state index contributed by atoms with van der Waals surface area (Å²) in [6.45, 7) is 6.92. The molecule has 0 saturated heterocycles. The maximum atomic E-state index is 10.6. The van der Waals surface area contributed by atoms with Crippen LogP contribution >= 0.6 is 0 Å². The first-order valence-corrected chi connectivity index (χ1v) is 6.64. The summed E-state index contributed by atoms with van der Waals surface area (Å²) in [6, 6.07) is 0. The Morgan fingerprint density at radius 3 is 2.40 bits per heavy atom. The van der Waals surface area contributed by atoms with E-state index in [0.29, 0.717) is 11.3 Å². The fourth-order valence-electron chi connectivity index (χ4n) is 3.15. The largest absolute Gasteiger partial charge is 0.390 e. The summed E-state index contributed by atoms with van der Waals surface area (Å²) in [5.74, 6) is 1.44. The molecule has 2 atom stereocenters. The van der Waals surface area contributed by atoms with Crippen molar-refractivity contribution in [3.8, 4) is 0 Å². The van der Waals surface area contributed by atoms with Crippen LogP contribution in [0, 0.1) is 17.3 Å². The first-order valence-electron chi connectivity index (χ1n) is 6.64. The Bertz CT molecular complexity index is 225. The van der Waals surface area contributed by atoms with Gasteiger partial charge in [-0.15, -0.1) is 0 Å². The van der Waals surface area contributed by atoms with E-state index in [-0.39, 0.29) is 5.60 Å². The highest BCUT2D eigenvalue weighted by Crippen LogP contribution is 2.47. The molecule has 0 aromatic rings. The van der Waals surface area contributed by atoms with Crippen molar-refractivity contribution in [1.29, 1.82) is 0 Å². The van der Waals surface area contributed by atoms with E-state index < -0.39 is 0 Å². The smallest absolute Gasteiger partial charge is 0.0673 e. The molecule has 1 N–H and O–H groups in total. The summed E-state index contributed by atoms with van der Waals surface area (Å²) >= 11 is 0. The zero-order valence-electron chi connectivity index (χ0n) is 10.6. The van der Waals surface area contributed by atoms with Crippen LogP contribution in [0.2, 0.25) is 0 Å². The minimum Gasteiger partial charge on any atom is -0.390 e. The van der Waals surface area contributed by atoms with Crippen LogP contribution in [0.15, 0.2) is 0 Å². The third-order valence-electron chi connectivity index (χ3n) is 4.69. The van der Waals surface area contributed by atoms with Gasteiger partial charge in [-0.1, -0.05) is 33.6 Å². The molecule has 2 fully saturated rings. The Hall–Kier alpha value is -0.0400. The van der Waals surface area contributed by atoms with Gasteiger partial charge in [0.2, 0.25) is 0 Å². The van der Waals surface area contributed by atoms with E-state index in [1.165, 1.54) is 32.1 Å². The summed E-state index contributed by atoms with van der Waals surface area (Å²) < 4.78 is 0. The van der Waals surface area contributed by atoms with Crippen LogP contribution in [-0.4, -0.2) is 10.7 Å². The molecular weight excluding hydrogens is 184 g/mol. The van der Waals surface area contributed by atoms with E-state index in [2.05, 4.69) is 20.8 Å². The Kier molecular flexibility index (Phi) is 2.87. The van der Waals surface area contributed by atoms with Gasteiger partial charge in [0.05, 0.1) is 5.60 Å². The second-order valence-corrected chi connectivity index (χ2v) is 6.86. The monoisotopic (exact) mass is 210 g/mol. The Morgan fingerprint density at radius 2 is 1.87 bits per heavy atom. The second kappa shape index (κ2) is 3.76. The second-order valence-electron chi connectivity index (χ2n) is 6.86. The Morgan fingerprint density at radius 1 is 1.20 bits per heavy atom. The van der Waals surface area contributed by atoms with Crippen LogP contribution in [0.25, 0.3) is 0 Å². The Labute approximate surface area is 94.3 Å². The molecule has 0 aliphatic heterocycles. The lowest BCUT2D eigenvalue weighted by molar-refractivity contribution is -0.0785. The highest BCUT2D eigenvalue weighted by molar-refractivity contribution is 4.94. The molecule has 0 spiro atoms. The molecule has 2 aliphatic rings. The third kappa shape index (κ3) is 2.75. The summed E-state index contributed by atoms with van der Waals surface area (Å²) in [6.07, 6.45) is 8.54. The SMILES string of the molecule is CC1CC(C)(C)CCC1(O)CCC1CC1. The van der Waals surface area contributed by atoms with Gasteiger partial charge in [-0.2, -0.15) is 0 Å². The predicted octanol–water partition coefficient (Wildman–Crippen LogP) is 3.75. The minimum atomic E-state index is -0.335. The molecule has 0 bridgehead atoms. The van der Waals surface area contributed by atoms with Gasteiger partial charge in [0, 0.05) is 0 Å². The van der Waals surface area contributed by atoms with Crippen molar-refractivity contribution in [2.24, 2.45) is 17.3 Å². The summed E-state index contributed by atoms with van der Waals surface area (Å²) in [5, 5.41) is 10.6. The lowest BCUT2D eigenvalue weighted by Gasteiger charge is -2.45.